The summed E-state index contributed by atoms with van der Waals surface area (Å²) in [6.45, 7) is 3.85. The highest BCUT2D eigenvalue weighted by atomic mass is 16.4. The first-order valence-electron chi connectivity index (χ1n) is 6.51. The quantitative estimate of drug-likeness (QED) is 0.832. The van der Waals surface area contributed by atoms with Gasteiger partial charge in [-0.25, -0.2) is 4.79 Å². The lowest BCUT2D eigenvalue weighted by Gasteiger charge is -2.18. The maximum Gasteiger partial charge on any atom is 0.335 e. The van der Waals surface area contributed by atoms with Gasteiger partial charge in [-0.05, 0) is 31.0 Å². The Bertz CT molecular complexity index is 769. The molecule has 0 saturated heterocycles. The van der Waals surface area contributed by atoms with Gasteiger partial charge in [0.1, 0.15) is 0 Å². The van der Waals surface area contributed by atoms with E-state index in [2.05, 4.69) is 4.98 Å². The molecule has 2 rings (SSSR count). The number of nitrogens with zero attached hydrogens (tertiary/aromatic N) is 1. The van der Waals surface area contributed by atoms with Crippen molar-refractivity contribution in [2.45, 2.75) is 32.7 Å². The number of benzene rings is 1. The summed E-state index contributed by atoms with van der Waals surface area (Å²) in [5.41, 5.74) is -0.334. The fraction of sp³-hybridized carbons (Fsp3) is 0.357. The minimum atomic E-state index is -1.07. The zero-order chi connectivity index (χ0) is 14.9. The van der Waals surface area contributed by atoms with E-state index in [1.54, 1.807) is 0 Å². The van der Waals surface area contributed by atoms with Crippen molar-refractivity contribution in [1.29, 1.82) is 0 Å². The molecule has 1 heterocycles. The van der Waals surface area contributed by atoms with Gasteiger partial charge in [-0.3, -0.25) is 14.2 Å². The van der Waals surface area contributed by atoms with E-state index < -0.39 is 17.1 Å². The highest BCUT2D eigenvalue weighted by molar-refractivity contribution is 5.92. The third-order valence-corrected chi connectivity index (χ3v) is 3.47. The Balaban J connectivity index is 2.90. The molecular weight excluding hydrogens is 260 g/mol. The van der Waals surface area contributed by atoms with E-state index in [1.165, 1.54) is 22.8 Å². The van der Waals surface area contributed by atoms with Crippen molar-refractivity contribution in [2.75, 3.05) is 0 Å². The summed E-state index contributed by atoms with van der Waals surface area (Å²) < 4.78 is 1.40. The zero-order valence-corrected chi connectivity index (χ0v) is 11.3. The Labute approximate surface area is 114 Å². The van der Waals surface area contributed by atoms with Crippen LogP contribution in [0.25, 0.3) is 11.0 Å². The number of carboxylic acid groups (broad SMARTS) is 1. The molecule has 2 N–H and O–H groups in total. The number of nitrogens with one attached hydrogen (secondary N) is 1. The minimum absolute atomic E-state index is 0.0867. The van der Waals surface area contributed by atoms with Crippen molar-refractivity contribution in [3.05, 3.63) is 44.5 Å². The topological polar surface area (TPSA) is 92.2 Å². The largest absolute Gasteiger partial charge is 0.478 e. The summed E-state index contributed by atoms with van der Waals surface area (Å²) >= 11 is 0. The van der Waals surface area contributed by atoms with E-state index in [4.69, 9.17) is 5.11 Å². The summed E-state index contributed by atoms with van der Waals surface area (Å²) in [6.07, 6.45) is 1.37. The molecule has 0 amide bonds. The standard InChI is InChI=1S/C14H16N2O4/c1-3-9(4-2)16-11-7-8(14(19)20)5-6-10(11)15-12(17)13(16)18/h5-7,9H,3-4H2,1-2H3,(H,15,17)(H,19,20). The number of aromatic carboxylic acids is 1. The normalized spacial score (nSPS) is 11.2. The first-order chi connectivity index (χ1) is 9.49. The Kier molecular flexibility index (Phi) is 3.74. The van der Waals surface area contributed by atoms with E-state index in [0.717, 1.165) is 0 Å². The number of hydrogen-bond donors (Lipinski definition) is 2. The average molecular weight is 276 g/mol. The highest BCUT2D eigenvalue weighted by Gasteiger charge is 2.16. The number of carbonyl (C=O) groups is 1. The molecule has 20 heavy (non-hydrogen) atoms. The van der Waals surface area contributed by atoms with Gasteiger partial charge >= 0.3 is 17.1 Å². The summed E-state index contributed by atoms with van der Waals surface area (Å²) in [5, 5.41) is 9.05. The fourth-order valence-corrected chi connectivity index (χ4v) is 2.38. The molecule has 0 saturated carbocycles. The summed E-state index contributed by atoms with van der Waals surface area (Å²) in [4.78, 5) is 37.3. The molecule has 0 radical (unpaired) electrons. The molecule has 1 aromatic heterocycles. The fourth-order valence-electron chi connectivity index (χ4n) is 2.38. The lowest BCUT2D eigenvalue weighted by molar-refractivity contribution is 0.0697. The molecule has 0 fully saturated rings. The Morgan fingerprint density at radius 1 is 1.30 bits per heavy atom. The van der Waals surface area contributed by atoms with E-state index in [0.29, 0.717) is 23.9 Å². The van der Waals surface area contributed by atoms with Gasteiger partial charge in [-0.1, -0.05) is 13.8 Å². The maximum absolute atomic E-state index is 12.1. The molecule has 0 atom stereocenters. The molecule has 1 aromatic carbocycles. The van der Waals surface area contributed by atoms with Crippen LogP contribution < -0.4 is 11.1 Å². The maximum atomic E-state index is 12.1. The molecule has 0 aliphatic carbocycles. The Morgan fingerprint density at radius 3 is 2.50 bits per heavy atom. The summed E-state index contributed by atoms with van der Waals surface area (Å²) in [5.74, 6) is -1.07. The number of carboxylic acids is 1. The zero-order valence-electron chi connectivity index (χ0n) is 11.3. The number of aromatic amines is 1. The van der Waals surface area contributed by atoms with Crippen LogP contribution in [0.4, 0.5) is 0 Å². The van der Waals surface area contributed by atoms with Crippen molar-refractivity contribution in [1.82, 2.24) is 9.55 Å². The van der Waals surface area contributed by atoms with Crippen molar-refractivity contribution in [3.8, 4) is 0 Å². The van der Waals surface area contributed by atoms with Gasteiger partial charge in [0.05, 0.1) is 16.6 Å². The molecule has 2 aromatic rings. The third kappa shape index (κ3) is 2.24. The molecule has 106 valence electrons. The predicted molar refractivity (Wildman–Crippen MR) is 75.4 cm³/mol. The average Bonchev–Trinajstić information content (AvgIpc) is 2.43. The SMILES string of the molecule is CCC(CC)n1c(=O)c(=O)[nH]c2ccc(C(=O)O)cc21. The lowest BCUT2D eigenvalue weighted by Crippen LogP contribution is -2.38. The second kappa shape index (κ2) is 5.32. The minimum Gasteiger partial charge on any atom is -0.478 e. The number of H-pyrrole nitrogens is 1. The van der Waals surface area contributed by atoms with E-state index in [9.17, 15) is 14.4 Å². The van der Waals surface area contributed by atoms with Gasteiger partial charge in [-0.2, -0.15) is 0 Å². The van der Waals surface area contributed by atoms with Gasteiger partial charge in [0.25, 0.3) is 0 Å². The molecule has 0 aliphatic heterocycles. The van der Waals surface area contributed by atoms with Crippen LogP contribution in [-0.2, 0) is 0 Å². The van der Waals surface area contributed by atoms with Crippen LogP contribution in [-0.4, -0.2) is 20.6 Å². The Morgan fingerprint density at radius 2 is 1.95 bits per heavy atom. The number of hydrogen-bond acceptors (Lipinski definition) is 3. The predicted octanol–water partition coefficient (Wildman–Crippen LogP) is 1.75. The summed E-state index contributed by atoms with van der Waals surface area (Å²) in [7, 11) is 0. The third-order valence-electron chi connectivity index (χ3n) is 3.47. The van der Waals surface area contributed by atoms with Crippen LogP contribution >= 0.6 is 0 Å². The number of fused-ring (bicyclic) bond motifs is 1. The number of rotatable bonds is 4. The molecule has 6 heteroatoms. The first-order valence-corrected chi connectivity index (χ1v) is 6.51. The van der Waals surface area contributed by atoms with Crippen molar-refractivity contribution < 1.29 is 9.90 Å². The van der Waals surface area contributed by atoms with Crippen LogP contribution in [0, 0.1) is 0 Å². The van der Waals surface area contributed by atoms with E-state index in [1.807, 2.05) is 13.8 Å². The van der Waals surface area contributed by atoms with E-state index in [-0.39, 0.29) is 11.6 Å². The van der Waals surface area contributed by atoms with Gasteiger partial charge in [-0.15, -0.1) is 0 Å². The molecule has 0 aliphatic rings. The van der Waals surface area contributed by atoms with E-state index >= 15 is 0 Å². The van der Waals surface area contributed by atoms with Crippen molar-refractivity contribution in [2.24, 2.45) is 0 Å². The smallest absolute Gasteiger partial charge is 0.335 e. The molecule has 0 unspecified atom stereocenters. The first kappa shape index (κ1) is 14.0. The van der Waals surface area contributed by atoms with Crippen LogP contribution in [0.1, 0.15) is 43.1 Å². The second-order valence-corrected chi connectivity index (χ2v) is 4.64. The van der Waals surface area contributed by atoms with Gasteiger partial charge < -0.3 is 10.1 Å². The van der Waals surface area contributed by atoms with Gasteiger partial charge in [0, 0.05) is 6.04 Å². The second-order valence-electron chi connectivity index (χ2n) is 4.64. The van der Waals surface area contributed by atoms with Crippen LogP contribution in [0.15, 0.2) is 27.8 Å². The van der Waals surface area contributed by atoms with Crippen molar-refractivity contribution in [3.63, 3.8) is 0 Å². The van der Waals surface area contributed by atoms with Gasteiger partial charge in [0.15, 0.2) is 0 Å². The Hall–Kier alpha value is -2.37. The molecule has 0 bridgehead atoms. The highest BCUT2D eigenvalue weighted by Crippen LogP contribution is 2.19. The van der Waals surface area contributed by atoms with Crippen LogP contribution in [0.5, 0.6) is 0 Å². The molecule has 0 spiro atoms. The lowest BCUT2D eigenvalue weighted by atomic mass is 10.1. The van der Waals surface area contributed by atoms with Crippen LogP contribution in [0.2, 0.25) is 0 Å². The van der Waals surface area contributed by atoms with Gasteiger partial charge in [0.2, 0.25) is 0 Å². The molecular formula is C14H16N2O4. The van der Waals surface area contributed by atoms with Crippen molar-refractivity contribution >= 4 is 17.0 Å². The number of aromatic nitrogens is 2. The van der Waals surface area contributed by atoms with Crippen LogP contribution in [0.3, 0.4) is 0 Å². The summed E-state index contributed by atoms with van der Waals surface area (Å²) in [6, 6.07) is 4.21. The molecule has 6 nitrogen and oxygen atoms in total. The monoisotopic (exact) mass is 276 g/mol.